The number of hydrogen-bond donors (Lipinski definition) is 3. The van der Waals surface area contributed by atoms with Crippen LogP contribution in [0.2, 0.25) is 0 Å². The van der Waals surface area contributed by atoms with Crippen LogP contribution in [-0.4, -0.2) is 23.9 Å². The molecule has 1 rings (SSSR count). The molecule has 0 aromatic heterocycles. The molecule has 2 atom stereocenters. The van der Waals surface area contributed by atoms with Gasteiger partial charge in [0.25, 0.3) is 0 Å². The first kappa shape index (κ1) is 20.0. The first-order chi connectivity index (χ1) is 11.1. The lowest BCUT2D eigenvalue weighted by Crippen LogP contribution is -2.55. The fourth-order valence-electron chi connectivity index (χ4n) is 2.25. The van der Waals surface area contributed by atoms with E-state index in [1.165, 1.54) is 13.0 Å². The number of rotatable bonds is 7. The van der Waals surface area contributed by atoms with E-state index in [2.05, 4.69) is 10.6 Å². The Hall–Kier alpha value is -2.02. The monoisotopic (exact) mass is 341 g/mol. The maximum absolute atomic E-state index is 14.0. The Bertz CT molecular complexity index is 607. The summed E-state index contributed by atoms with van der Waals surface area (Å²) in [6, 6.07) is 2.14. The molecule has 5 nitrogen and oxygen atoms in total. The molecular formula is C17H25F2N3O2. The maximum atomic E-state index is 14.0. The van der Waals surface area contributed by atoms with Crippen molar-refractivity contribution in [3.63, 3.8) is 0 Å². The van der Waals surface area contributed by atoms with Gasteiger partial charge in [0.05, 0.1) is 18.0 Å². The van der Waals surface area contributed by atoms with Crippen molar-refractivity contribution in [3.8, 4) is 0 Å². The van der Waals surface area contributed by atoms with E-state index in [4.69, 9.17) is 5.73 Å². The minimum atomic E-state index is -0.891. The second-order valence-electron chi connectivity index (χ2n) is 6.45. The lowest BCUT2D eigenvalue weighted by Gasteiger charge is -2.34. The van der Waals surface area contributed by atoms with E-state index in [1.54, 1.807) is 0 Å². The minimum Gasteiger partial charge on any atom is -0.349 e. The average molecular weight is 341 g/mol. The number of benzene rings is 1. The van der Waals surface area contributed by atoms with Crippen molar-refractivity contribution < 1.29 is 18.4 Å². The summed E-state index contributed by atoms with van der Waals surface area (Å²) in [7, 11) is 0. The van der Waals surface area contributed by atoms with Crippen LogP contribution >= 0.6 is 0 Å². The van der Waals surface area contributed by atoms with Crippen LogP contribution < -0.4 is 16.4 Å². The van der Waals surface area contributed by atoms with Crippen LogP contribution in [0.3, 0.4) is 0 Å². The second-order valence-corrected chi connectivity index (χ2v) is 6.45. The number of nitrogens with one attached hydrogen (secondary N) is 2. The summed E-state index contributed by atoms with van der Waals surface area (Å²) in [5.74, 6) is -2.24. The van der Waals surface area contributed by atoms with Gasteiger partial charge in [-0.3, -0.25) is 9.59 Å². The van der Waals surface area contributed by atoms with Crippen LogP contribution in [0.15, 0.2) is 18.2 Å². The Morgan fingerprint density at radius 3 is 2.38 bits per heavy atom. The van der Waals surface area contributed by atoms with Crippen LogP contribution in [-0.2, 0) is 9.59 Å². The molecule has 24 heavy (non-hydrogen) atoms. The van der Waals surface area contributed by atoms with Gasteiger partial charge in [-0.25, -0.2) is 8.78 Å². The highest BCUT2D eigenvalue weighted by Crippen LogP contribution is 2.22. The molecule has 0 aliphatic rings. The Labute approximate surface area is 141 Å². The normalized spacial score (nSPS) is 14.8. The zero-order chi connectivity index (χ0) is 18.5. The fraction of sp³-hybridized carbons (Fsp3) is 0.529. The molecule has 0 fully saturated rings. The molecule has 134 valence electrons. The smallest absolute Gasteiger partial charge is 0.222 e. The standard InChI is InChI=1S/C17H25F2N3O2/c1-10(2)17(4,9-20)22-16(24)8-15(21-11(3)23)13-6-5-12(18)7-14(13)19/h5-7,10,15H,8-9,20H2,1-4H3,(H,21,23)(H,22,24). The van der Waals surface area contributed by atoms with Crippen LogP contribution in [0, 0.1) is 17.6 Å². The lowest BCUT2D eigenvalue weighted by atomic mass is 9.88. The van der Waals surface area contributed by atoms with Crippen molar-refractivity contribution in [3.05, 3.63) is 35.4 Å². The Kier molecular flexibility index (Phi) is 6.83. The molecular weight excluding hydrogens is 316 g/mol. The third-order valence-corrected chi connectivity index (χ3v) is 4.23. The second kappa shape index (κ2) is 8.19. The highest BCUT2D eigenvalue weighted by Gasteiger charge is 2.30. The van der Waals surface area contributed by atoms with Gasteiger partial charge >= 0.3 is 0 Å². The Morgan fingerprint density at radius 2 is 1.92 bits per heavy atom. The van der Waals surface area contributed by atoms with Crippen molar-refractivity contribution in [1.82, 2.24) is 10.6 Å². The van der Waals surface area contributed by atoms with Crippen molar-refractivity contribution in [2.24, 2.45) is 11.7 Å². The summed E-state index contributed by atoms with van der Waals surface area (Å²) in [6.07, 6.45) is -0.176. The van der Waals surface area contributed by atoms with E-state index in [-0.39, 0.29) is 30.4 Å². The largest absolute Gasteiger partial charge is 0.349 e. The van der Waals surface area contributed by atoms with Gasteiger partial charge in [0.1, 0.15) is 11.6 Å². The zero-order valence-corrected chi connectivity index (χ0v) is 14.5. The molecule has 7 heteroatoms. The van der Waals surface area contributed by atoms with Gasteiger partial charge in [-0.05, 0) is 18.9 Å². The first-order valence-corrected chi connectivity index (χ1v) is 7.82. The van der Waals surface area contributed by atoms with Gasteiger partial charge in [-0.15, -0.1) is 0 Å². The Balaban J connectivity index is 2.98. The maximum Gasteiger partial charge on any atom is 0.222 e. The molecule has 2 unspecified atom stereocenters. The molecule has 1 aromatic rings. The molecule has 0 radical (unpaired) electrons. The molecule has 0 saturated carbocycles. The van der Waals surface area contributed by atoms with E-state index < -0.39 is 29.1 Å². The van der Waals surface area contributed by atoms with Crippen LogP contribution in [0.5, 0.6) is 0 Å². The molecule has 0 spiro atoms. The molecule has 0 aliphatic heterocycles. The SMILES string of the molecule is CC(=O)NC(CC(=O)NC(C)(CN)C(C)C)c1ccc(F)cc1F. The van der Waals surface area contributed by atoms with Gasteiger partial charge in [0.2, 0.25) is 11.8 Å². The minimum absolute atomic E-state index is 0.0562. The summed E-state index contributed by atoms with van der Waals surface area (Å²) in [6.45, 7) is 7.19. The molecule has 0 saturated heterocycles. The van der Waals surface area contributed by atoms with Gasteiger partial charge < -0.3 is 16.4 Å². The summed E-state index contributed by atoms with van der Waals surface area (Å²) in [4.78, 5) is 23.7. The van der Waals surface area contributed by atoms with Crippen molar-refractivity contribution >= 4 is 11.8 Å². The summed E-state index contributed by atoms with van der Waals surface area (Å²) < 4.78 is 27.1. The number of carbonyl (C=O) groups excluding carboxylic acids is 2. The fourth-order valence-corrected chi connectivity index (χ4v) is 2.25. The van der Waals surface area contributed by atoms with Crippen molar-refractivity contribution in [2.45, 2.75) is 45.7 Å². The van der Waals surface area contributed by atoms with Crippen molar-refractivity contribution in [2.75, 3.05) is 6.54 Å². The zero-order valence-electron chi connectivity index (χ0n) is 14.5. The van der Waals surface area contributed by atoms with E-state index >= 15 is 0 Å². The molecule has 0 heterocycles. The van der Waals surface area contributed by atoms with Crippen LogP contribution in [0.25, 0.3) is 0 Å². The summed E-state index contributed by atoms with van der Waals surface area (Å²) in [5, 5.41) is 5.36. The lowest BCUT2D eigenvalue weighted by molar-refractivity contribution is -0.124. The highest BCUT2D eigenvalue weighted by atomic mass is 19.1. The number of hydrogen-bond acceptors (Lipinski definition) is 3. The molecule has 0 aliphatic carbocycles. The Morgan fingerprint density at radius 1 is 1.29 bits per heavy atom. The van der Waals surface area contributed by atoms with E-state index in [0.29, 0.717) is 0 Å². The topological polar surface area (TPSA) is 84.2 Å². The quantitative estimate of drug-likeness (QED) is 0.709. The van der Waals surface area contributed by atoms with E-state index in [0.717, 1.165) is 12.1 Å². The first-order valence-electron chi connectivity index (χ1n) is 7.82. The molecule has 0 bridgehead atoms. The van der Waals surface area contributed by atoms with Crippen LogP contribution in [0.1, 0.15) is 45.7 Å². The third kappa shape index (κ3) is 5.26. The number of amides is 2. The van der Waals surface area contributed by atoms with Crippen molar-refractivity contribution in [1.29, 1.82) is 0 Å². The molecule has 2 amide bonds. The predicted octanol–water partition coefficient (Wildman–Crippen LogP) is 2.02. The molecule has 4 N–H and O–H groups in total. The highest BCUT2D eigenvalue weighted by molar-refractivity contribution is 5.79. The number of carbonyl (C=O) groups is 2. The molecule has 1 aromatic carbocycles. The predicted molar refractivity (Wildman–Crippen MR) is 88.0 cm³/mol. The third-order valence-electron chi connectivity index (χ3n) is 4.23. The van der Waals surface area contributed by atoms with Crippen LogP contribution in [0.4, 0.5) is 8.78 Å². The number of halogens is 2. The van der Waals surface area contributed by atoms with E-state index in [1.807, 2.05) is 20.8 Å². The number of nitrogens with two attached hydrogens (primary N) is 1. The van der Waals surface area contributed by atoms with Gasteiger partial charge in [0.15, 0.2) is 0 Å². The van der Waals surface area contributed by atoms with E-state index in [9.17, 15) is 18.4 Å². The van der Waals surface area contributed by atoms with Gasteiger partial charge in [-0.1, -0.05) is 19.9 Å². The summed E-state index contributed by atoms with van der Waals surface area (Å²) >= 11 is 0. The average Bonchev–Trinajstić information content (AvgIpc) is 2.45. The van der Waals surface area contributed by atoms with Gasteiger partial charge in [-0.2, -0.15) is 0 Å². The van der Waals surface area contributed by atoms with Gasteiger partial charge in [0, 0.05) is 25.1 Å². The summed E-state index contributed by atoms with van der Waals surface area (Å²) in [5.41, 5.74) is 5.18.